The second-order valence-corrected chi connectivity index (χ2v) is 9.80. The van der Waals surface area contributed by atoms with E-state index in [1.165, 1.54) is 12.1 Å². The molecule has 0 bridgehead atoms. The third-order valence-electron chi connectivity index (χ3n) is 4.89. The molecule has 0 saturated heterocycles. The average Bonchev–Trinajstić information content (AvgIpc) is 2.72. The third kappa shape index (κ3) is 6.05. The molecular formula is C20H20N3NaO8S2. The van der Waals surface area contributed by atoms with Crippen LogP contribution in [0, 0.1) is 0 Å². The fourth-order valence-electron chi connectivity index (χ4n) is 3.27. The van der Waals surface area contributed by atoms with Crippen LogP contribution < -0.4 is 39.6 Å². The summed E-state index contributed by atoms with van der Waals surface area (Å²) in [5.41, 5.74) is 0.371. The molecule has 0 aliphatic rings. The number of phenolic OH excluding ortho intramolecular Hbond substituents is 1. The SMILES string of the molecule is CCN(CC)c1ccc(N=Nc2cc(S(=O)(=O)O)cc3cc(S(=O)(=O)O)cc(O)c23)c([O-])c1.[Na+]. The second-order valence-electron chi connectivity index (χ2n) is 6.96. The first-order valence-electron chi connectivity index (χ1n) is 9.58. The zero-order chi connectivity index (χ0) is 24.6. The van der Waals surface area contributed by atoms with Crippen LogP contribution in [0.15, 0.2) is 62.5 Å². The van der Waals surface area contributed by atoms with Gasteiger partial charge in [0.25, 0.3) is 20.2 Å². The summed E-state index contributed by atoms with van der Waals surface area (Å²) in [5, 5.41) is 30.2. The third-order valence-corrected chi connectivity index (χ3v) is 6.55. The number of hydrogen-bond donors (Lipinski definition) is 3. The van der Waals surface area contributed by atoms with E-state index >= 15 is 0 Å². The Morgan fingerprint density at radius 1 is 0.853 bits per heavy atom. The molecule has 176 valence electrons. The monoisotopic (exact) mass is 517 g/mol. The van der Waals surface area contributed by atoms with Gasteiger partial charge in [-0.3, -0.25) is 9.11 Å². The Morgan fingerprint density at radius 3 is 1.88 bits per heavy atom. The first kappa shape index (κ1) is 28.0. The van der Waals surface area contributed by atoms with Crippen LogP contribution in [0.1, 0.15) is 13.8 Å². The van der Waals surface area contributed by atoms with Crippen molar-refractivity contribution in [3.8, 4) is 11.5 Å². The van der Waals surface area contributed by atoms with Crippen molar-refractivity contribution in [1.29, 1.82) is 0 Å². The number of nitrogens with zero attached hydrogens (tertiary/aromatic N) is 3. The van der Waals surface area contributed by atoms with Crippen molar-refractivity contribution in [1.82, 2.24) is 0 Å². The van der Waals surface area contributed by atoms with Crippen molar-refractivity contribution < 1.29 is 65.7 Å². The van der Waals surface area contributed by atoms with E-state index in [0.29, 0.717) is 18.8 Å². The van der Waals surface area contributed by atoms with Gasteiger partial charge >= 0.3 is 29.6 Å². The van der Waals surface area contributed by atoms with Gasteiger partial charge in [0.15, 0.2) is 0 Å². The maximum Gasteiger partial charge on any atom is 1.00 e. The number of anilines is 1. The molecule has 3 N–H and O–H groups in total. The summed E-state index contributed by atoms with van der Waals surface area (Å²) >= 11 is 0. The van der Waals surface area contributed by atoms with E-state index < -0.39 is 41.5 Å². The summed E-state index contributed by atoms with van der Waals surface area (Å²) in [7, 11) is -9.48. The number of benzene rings is 3. The molecule has 0 radical (unpaired) electrons. The van der Waals surface area contributed by atoms with Crippen LogP contribution in [0.4, 0.5) is 17.1 Å². The number of azo groups is 1. The molecule has 0 heterocycles. The first-order chi connectivity index (χ1) is 15.3. The molecule has 0 spiro atoms. The number of fused-ring (bicyclic) bond motifs is 1. The fourth-order valence-corrected chi connectivity index (χ4v) is 4.34. The molecule has 0 unspecified atom stereocenters. The summed E-state index contributed by atoms with van der Waals surface area (Å²) in [6.45, 7) is 5.26. The Balaban J connectivity index is 0.00000408. The molecule has 0 amide bonds. The molecule has 0 aliphatic carbocycles. The summed E-state index contributed by atoms with van der Waals surface area (Å²) in [6.07, 6.45) is 0. The Morgan fingerprint density at radius 2 is 1.38 bits per heavy atom. The largest absolute Gasteiger partial charge is 1.00 e. The van der Waals surface area contributed by atoms with Crippen molar-refractivity contribution >= 4 is 48.1 Å². The average molecular weight is 518 g/mol. The molecule has 0 atom stereocenters. The van der Waals surface area contributed by atoms with Gasteiger partial charge in [-0.05, 0) is 55.6 Å². The predicted molar refractivity (Wildman–Crippen MR) is 119 cm³/mol. The van der Waals surface area contributed by atoms with Gasteiger partial charge in [-0.1, -0.05) is 5.75 Å². The molecule has 3 aromatic rings. The Kier molecular flexibility index (Phi) is 8.69. The smallest absolute Gasteiger partial charge is 0.871 e. The van der Waals surface area contributed by atoms with E-state index in [9.17, 15) is 36.2 Å². The van der Waals surface area contributed by atoms with E-state index in [1.807, 2.05) is 18.7 Å². The van der Waals surface area contributed by atoms with Crippen LogP contribution in [-0.4, -0.2) is 44.1 Å². The maximum atomic E-state index is 12.4. The predicted octanol–water partition coefficient (Wildman–Crippen LogP) is 0.378. The summed E-state index contributed by atoms with van der Waals surface area (Å²) < 4.78 is 65.0. The summed E-state index contributed by atoms with van der Waals surface area (Å²) in [4.78, 5) is 0.600. The van der Waals surface area contributed by atoms with Crippen LogP contribution in [-0.2, 0) is 20.2 Å². The van der Waals surface area contributed by atoms with Gasteiger partial charge in [-0.25, -0.2) is 0 Å². The molecule has 34 heavy (non-hydrogen) atoms. The summed E-state index contributed by atoms with van der Waals surface area (Å²) in [5.74, 6) is -1.09. The van der Waals surface area contributed by atoms with Crippen LogP contribution in [0.5, 0.6) is 11.5 Å². The van der Waals surface area contributed by atoms with Crippen molar-refractivity contribution in [2.24, 2.45) is 10.2 Å². The van der Waals surface area contributed by atoms with Crippen molar-refractivity contribution in [2.45, 2.75) is 23.6 Å². The molecule has 3 rings (SSSR count). The molecule has 0 saturated carbocycles. The van der Waals surface area contributed by atoms with E-state index in [0.717, 1.165) is 24.3 Å². The van der Waals surface area contributed by atoms with Crippen molar-refractivity contribution in [3.63, 3.8) is 0 Å². The van der Waals surface area contributed by atoms with Crippen LogP contribution in [0.3, 0.4) is 0 Å². The molecule has 14 heteroatoms. The van der Waals surface area contributed by atoms with Gasteiger partial charge < -0.3 is 15.1 Å². The minimum Gasteiger partial charge on any atom is -0.871 e. The fraction of sp³-hybridized carbons (Fsp3) is 0.200. The van der Waals surface area contributed by atoms with Crippen LogP contribution >= 0.6 is 0 Å². The zero-order valence-corrected chi connectivity index (χ0v) is 22.1. The number of aromatic hydroxyl groups is 1. The van der Waals surface area contributed by atoms with E-state index in [1.54, 1.807) is 6.07 Å². The Hall–Kier alpha value is -2.26. The number of rotatable bonds is 7. The molecule has 0 fully saturated rings. The number of phenols is 1. The Labute approximate surface area is 218 Å². The van der Waals surface area contributed by atoms with Gasteiger partial charge in [0.05, 0.1) is 26.6 Å². The first-order valence-corrected chi connectivity index (χ1v) is 12.5. The maximum absolute atomic E-state index is 12.4. The minimum atomic E-state index is -4.75. The van der Waals surface area contributed by atoms with Gasteiger partial charge in [0, 0.05) is 24.8 Å². The van der Waals surface area contributed by atoms with E-state index in [2.05, 4.69) is 10.2 Å². The second kappa shape index (κ2) is 10.6. The minimum absolute atomic E-state index is 0. The molecule has 11 nitrogen and oxygen atoms in total. The van der Waals surface area contributed by atoms with Gasteiger partial charge in [-0.15, -0.1) is 5.11 Å². The van der Waals surface area contributed by atoms with E-state index in [4.69, 9.17) is 0 Å². The normalized spacial score (nSPS) is 12.1. The van der Waals surface area contributed by atoms with Crippen molar-refractivity contribution in [3.05, 3.63) is 42.5 Å². The van der Waals surface area contributed by atoms with Gasteiger partial charge in [0.2, 0.25) is 0 Å². The van der Waals surface area contributed by atoms with Crippen LogP contribution in [0.2, 0.25) is 0 Å². The Bertz CT molecular complexity index is 1470. The van der Waals surface area contributed by atoms with Crippen molar-refractivity contribution in [2.75, 3.05) is 18.0 Å². The molecular weight excluding hydrogens is 497 g/mol. The van der Waals surface area contributed by atoms with Crippen LogP contribution in [0.25, 0.3) is 10.8 Å². The number of hydrogen-bond acceptors (Lipinski definition) is 9. The molecule has 3 aromatic carbocycles. The topological polar surface area (TPSA) is 180 Å². The zero-order valence-electron chi connectivity index (χ0n) is 18.5. The van der Waals surface area contributed by atoms with Gasteiger partial charge in [-0.2, -0.15) is 21.9 Å². The quantitative estimate of drug-likeness (QED) is 0.227. The molecule has 0 aromatic heterocycles. The van der Waals surface area contributed by atoms with E-state index in [-0.39, 0.29) is 51.7 Å². The standard InChI is InChI=1S/C20H21N3O8S2.Na/c1-3-23(4-2)13-5-6-16(18(24)9-13)21-22-17-10-14(32(26,27)28)7-12-8-15(33(29,30)31)11-19(25)20(12)17;/h5-11,24-25H,3-4H2,1-2H3,(H,26,27,28)(H,29,30,31);/q;+1/p-1. The molecule has 0 aliphatic heterocycles. The summed E-state index contributed by atoms with van der Waals surface area (Å²) in [6, 6.07) is 7.94. The van der Waals surface area contributed by atoms with Gasteiger partial charge in [0.1, 0.15) is 5.75 Å².